The number of benzene rings is 2. The predicted octanol–water partition coefficient (Wildman–Crippen LogP) is 2.75. The van der Waals surface area contributed by atoms with Crippen LogP contribution in [0.2, 0.25) is 5.02 Å². The molecule has 0 aliphatic carbocycles. The molecule has 0 spiro atoms. The van der Waals surface area contributed by atoms with Crippen molar-refractivity contribution < 1.29 is 32.2 Å². The predicted molar refractivity (Wildman–Crippen MR) is 128 cm³/mol. The molecule has 1 aliphatic rings. The van der Waals surface area contributed by atoms with Crippen molar-refractivity contribution >= 4 is 44.7 Å². The monoisotopic (exact) mass is 529 g/mol. The second kappa shape index (κ2) is 11.2. The van der Waals surface area contributed by atoms with Crippen molar-refractivity contribution in [3.05, 3.63) is 46.5 Å². The standard InChI is InChI=1S/C21H24ClN3O7S2/c1-4-31-18-10-17-12(8-19(18)34(28,29)25-21(27)33-23-2)7-14(11-32-17)24-20(26)15-9-13(22)5-6-16(15)30-3/h5-6,8-10,14,23H,4,7,11H2,1-3H3,(H,24,26)(H,25,27). The van der Waals surface area contributed by atoms with E-state index in [1.165, 1.54) is 32.4 Å². The number of ether oxygens (including phenoxy) is 3. The highest BCUT2D eigenvalue weighted by molar-refractivity contribution is 8.13. The van der Waals surface area contributed by atoms with E-state index in [0.717, 1.165) is 0 Å². The number of fused-ring (bicyclic) bond motifs is 1. The number of carbonyl (C=O) groups is 2. The topological polar surface area (TPSA) is 132 Å². The van der Waals surface area contributed by atoms with Gasteiger partial charge < -0.3 is 19.5 Å². The van der Waals surface area contributed by atoms with Gasteiger partial charge in [0.15, 0.2) is 0 Å². The van der Waals surface area contributed by atoms with E-state index in [1.807, 2.05) is 4.72 Å². The first-order chi connectivity index (χ1) is 16.2. The Morgan fingerprint density at radius 2 is 2.00 bits per heavy atom. The van der Waals surface area contributed by atoms with Crippen LogP contribution in [0.4, 0.5) is 4.79 Å². The van der Waals surface area contributed by atoms with E-state index in [4.69, 9.17) is 25.8 Å². The van der Waals surface area contributed by atoms with Crippen molar-refractivity contribution in [2.45, 2.75) is 24.3 Å². The average Bonchev–Trinajstić information content (AvgIpc) is 2.78. The molecule has 3 rings (SSSR count). The van der Waals surface area contributed by atoms with Crippen molar-refractivity contribution in [1.82, 2.24) is 14.8 Å². The van der Waals surface area contributed by atoms with Gasteiger partial charge in [-0.05, 0) is 50.2 Å². The third-order valence-corrected chi connectivity index (χ3v) is 6.98. The largest absolute Gasteiger partial charge is 0.496 e. The zero-order chi connectivity index (χ0) is 24.9. The maximum absolute atomic E-state index is 12.9. The molecular weight excluding hydrogens is 506 g/mol. The lowest BCUT2D eigenvalue weighted by Gasteiger charge is -2.27. The van der Waals surface area contributed by atoms with E-state index in [9.17, 15) is 18.0 Å². The van der Waals surface area contributed by atoms with Crippen LogP contribution in [0, 0.1) is 0 Å². The second-order valence-electron chi connectivity index (χ2n) is 7.07. The molecule has 1 aliphatic heterocycles. The summed E-state index contributed by atoms with van der Waals surface area (Å²) in [5.41, 5.74) is 0.799. The average molecular weight is 530 g/mol. The molecule has 1 atom stereocenters. The molecular formula is C21H24ClN3O7S2. The third kappa shape index (κ3) is 6.06. The van der Waals surface area contributed by atoms with E-state index in [2.05, 4.69) is 10.0 Å². The first-order valence-corrected chi connectivity index (χ1v) is 12.8. The molecule has 2 amide bonds. The van der Waals surface area contributed by atoms with Crippen LogP contribution in [0.3, 0.4) is 0 Å². The maximum Gasteiger partial charge on any atom is 0.307 e. The van der Waals surface area contributed by atoms with Gasteiger partial charge >= 0.3 is 5.24 Å². The molecule has 0 bridgehead atoms. The number of rotatable bonds is 8. The Morgan fingerprint density at radius 3 is 2.68 bits per heavy atom. The van der Waals surface area contributed by atoms with E-state index in [1.54, 1.807) is 19.1 Å². The molecule has 1 heterocycles. The first kappa shape index (κ1) is 25.9. The van der Waals surface area contributed by atoms with Crippen molar-refractivity contribution in [3.63, 3.8) is 0 Å². The minimum Gasteiger partial charge on any atom is -0.496 e. The van der Waals surface area contributed by atoms with Crippen molar-refractivity contribution in [3.8, 4) is 17.2 Å². The summed E-state index contributed by atoms with van der Waals surface area (Å²) in [4.78, 5) is 24.5. The SMILES string of the molecule is CCOc1cc2c(cc1S(=O)(=O)NC(=O)SNC)CC(NC(=O)c1cc(Cl)ccc1OC)CO2. The summed E-state index contributed by atoms with van der Waals surface area (Å²) in [6.07, 6.45) is 0.290. The highest BCUT2D eigenvalue weighted by Gasteiger charge is 2.29. The molecule has 13 heteroatoms. The number of hydrogen-bond acceptors (Lipinski definition) is 9. The molecule has 0 saturated carbocycles. The lowest BCUT2D eigenvalue weighted by Crippen LogP contribution is -2.43. The number of sulfonamides is 1. The van der Waals surface area contributed by atoms with Gasteiger partial charge in [0.25, 0.3) is 15.9 Å². The van der Waals surface area contributed by atoms with Crippen LogP contribution in [-0.4, -0.2) is 53.0 Å². The number of halogens is 1. The molecule has 3 N–H and O–H groups in total. The highest BCUT2D eigenvalue weighted by Crippen LogP contribution is 2.35. The van der Waals surface area contributed by atoms with E-state index in [0.29, 0.717) is 34.0 Å². The molecule has 0 aromatic heterocycles. The zero-order valence-electron chi connectivity index (χ0n) is 18.6. The Kier molecular flexibility index (Phi) is 8.52. The molecule has 2 aromatic rings. The molecule has 10 nitrogen and oxygen atoms in total. The highest BCUT2D eigenvalue weighted by atomic mass is 35.5. The first-order valence-electron chi connectivity index (χ1n) is 10.2. The number of carbonyl (C=O) groups excluding carboxylic acids is 2. The summed E-state index contributed by atoms with van der Waals surface area (Å²) >= 11 is 6.62. The number of amides is 2. The van der Waals surface area contributed by atoms with Gasteiger partial charge in [-0.25, -0.2) is 13.1 Å². The summed E-state index contributed by atoms with van der Waals surface area (Å²) in [6.45, 7) is 2.08. The Labute approximate surface area is 206 Å². The maximum atomic E-state index is 12.9. The lowest BCUT2D eigenvalue weighted by molar-refractivity contribution is 0.0912. The van der Waals surface area contributed by atoms with Gasteiger partial charge in [-0.1, -0.05) is 11.6 Å². The fourth-order valence-electron chi connectivity index (χ4n) is 3.36. The summed E-state index contributed by atoms with van der Waals surface area (Å²) in [5.74, 6) is 0.446. The molecule has 34 heavy (non-hydrogen) atoms. The fourth-order valence-corrected chi connectivity index (χ4v) is 5.22. The minimum absolute atomic E-state index is 0.0576. The molecule has 1 unspecified atom stereocenters. The van der Waals surface area contributed by atoms with Crippen LogP contribution in [-0.2, 0) is 16.4 Å². The van der Waals surface area contributed by atoms with Crippen LogP contribution in [0.25, 0.3) is 0 Å². The minimum atomic E-state index is -4.22. The van der Waals surface area contributed by atoms with Gasteiger partial charge in [-0.2, -0.15) is 0 Å². The van der Waals surface area contributed by atoms with Crippen molar-refractivity contribution in [2.24, 2.45) is 0 Å². The van der Waals surface area contributed by atoms with Crippen LogP contribution in [0.5, 0.6) is 17.2 Å². The Bertz CT molecular complexity index is 1190. The van der Waals surface area contributed by atoms with Gasteiger partial charge in [0.1, 0.15) is 28.8 Å². The molecule has 2 aromatic carbocycles. The zero-order valence-corrected chi connectivity index (χ0v) is 21.0. The number of hydrogen-bond donors (Lipinski definition) is 3. The molecule has 0 saturated heterocycles. The fraction of sp³-hybridized carbons (Fsp3) is 0.333. The van der Waals surface area contributed by atoms with Gasteiger partial charge in [0.2, 0.25) is 0 Å². The number of methoxy groups -OCH3 is 1. The Morgan fingerprint density at radius 1 is 1.24 bits per heavy atom. The molecule has 0 radical (unpaired) electrons. The number of nitrogens with one attached hydrogen (secondary N) is 3. The normalized spacial score (nSPS) is 15.0. The van der Waals surface area contributed by atoms with Crippen molar-refractivity contribution in [1.29, 1.82) is 0 Å². The molecule has 0 fully saturated rings. The third-order valence-electron chi connectivity index (χ3n) is 4.78. The summed E-state index contributed by atoms with van der Waals surface area (Å²) in [7, 11) is -1.28. The van der Waals surface area contributed by atoms with Gasteiger partial charge in [-0.15, -0.1) is 0 Å². The molecule has 184 valence electrons. The summed E-state index contributed by atoms with van der Waals surface area (Å²) in [6, 6.07) is 7.11. The van der Waals surface area contributed by atoms with E-state index < -0.39 is 27.2 Å². The Balaban J connectivity index is 1.86. The van der Waals surface area contributed by atoms with Crippen LogP contribution in [0.1, 0.15) is 22.8 Å². The quantitative estimate of drug-likeness (QED) is 0.441. The van der Waals surface area contributed by atoms with Crippen LogP contribution < -0.4 is 29.0 Å². The van der Waals surface area contributed by atoms with E-state index in [-0.39, 0.29) is 35.8 Å². The van der Waals surface area contributed by atoms with Gasteiger partial charge in [-0.3, -0.25) is 14.3 Å². The summed E-state index contributed by atoms with van der Waals surface area (Å²) in [5, 5.41) is 2.45. The second-order valence-corrected chi connectivity index (χ2v) is 10.1. The smallest absolute Gasteiger partial charge is 0.307 e. The van der Waals surface area contributed by atoms with Crippen LogP contribution in [0.15, 0.2) is 35.2 Å². The van der Waals surface area contributed by atoms with Crippen LogP contribution >= 0.6 is 23.5 Å². The van der Waals surface area contributed by atoms with E-state index >= 15 is 0 Å². The summed E-state index contributed by atoms with van der Waals surface area (Å²) < 4.78 is 46.7. The Hall–Kier alpha value is -2.67. The lowest BCUT2D eigenvalue weighted by atomic mass is 10.0. The van der Waals surface area contributed by atoms with Gasteiger partial charge in [0, 0.05) is 23.0 Å². The van der Waals surface area contributed by atoms with Gasteiger partial charge in [0.05, 0.1) is 25.3 Å². The van der Waals surface area contributed by atoms with Crippen molar-refractivity contribution in [2.75, 3.05) is 27.4 Å².